The van der Waals surface area contributed by atoms with E-state index in [0.717, 1.165) is 0 Å². The number of hydrogen-bond donors (Lipinski definition) is 0. The highest BCUT2D eigenvalue weighted by atomic mass is 35.5. The summed E-state index contributed by atoms with van der Waals surface area (Å²) in [5, 5.41) is 0.731. The van der Waals surface area contributed by atoms with Crippen LogP contribution < -0.4 is 0 Å². The van der Waals surface area contributed by atoms with Crippen LogP contribution >= 0.6 is 23.2 Å². The van der Waals surface area contributed by atoms with E-state index in [2.05, 4.69) is 9.97 Å². The molecule has 0 fully saturated rings. The third-order valence-electron chi connectivity index (χ3n) is 0.600. The molecule has 66 valence electrons. The molecule has 0 unspecified atom stereocenters. The third kappa shape index (κ3) is 7.44. The third-order valence-corrected chi connectivity index (χ3v) is 1.01. The molecule has 0 radical (unpaired) electrons. The summed E-state index contributed by atoms with van der Waals surface area (Å²) in [5.74, 6) is 0.167. The number of aromatic nitrogens is 2. The minimum Gasteiger partial charge on any atom is -0.300 e. The zero-order chi connectivity index (χ0) is 9.56. The first-order chi connectivity index (χ1) is 5.52. The van der Waals surface area contributed by atoms with Crippen LogP contribution in [0.15, 0.2) is 12.4 Å². The van der Waals surface area contributed by atoms with Crippen LogP contribution in [0.4, 0.5) is 0 Å². The lowest BCUT2D eigenvalue weighted by Crippen LogP contribution is -1.76. The van der Waals surface area contributed by atoms with Crippen LogP contribution in [0.2, 0.25) is 10.3 Å². The SMILES string of the molecule is CC(C)=O.Clc1cc(Cl)ncn1. The zero-order valence-corrected chi connectivity index (χ0v) is 8.23. The molecule has 0 saturated carbocycles. The van der Waals surface area contributed by atoms with E-state index in [4.69, 9.17) is 23.2 Å². The molecule has 1 heterocycles. The van der Waals surface area contributed by atoms with Gasteiger partial charge in [-0.1, -0.05) is 23.2 Å². The second kappa shape index (κ2) is 5.91. The van der Waals surface area contributed by atoms with E-state index < -0.39 is 0 Å². The lowest BCUT2D eigenvalue weighted by molar-refractivity contribution is -0.114. The van der Waals surface area contributed by atoms with Crippen LogP contribution in [-0.2, 0) is 4.79 Å². The van der Waals surface area contributed by atoms with Gasteiger partial charge in [0.25, 0.3) is 0 Å². The summed E-state index contributed by atoms with van der Waals surface area (Å²) in [4.78, 5) is 16.7. The first kappa shape index (κ1) is 11.3. The fourth-order valence-corrected chi connectivity index (χ4v) is 0.662. The lowest BCUT2D eigenvalue weighted by Gasteiger charge is -1.85. The van der Waals surface area contributed by atoms with Crippen molar-refractivity contribution in [3.05, 3.63) is 22.7 Å². The van der Waals surface area contributed by atoms with Crippen molar-refractivity contribution in [2.75, 3.05) is 0 Å². The average molecular weight is 207 g/mol. The predicted octanol–water partition coefficient (Wildman–Crippen LogP) is 2.38. The maximum atomic E-state index is 9.44. The normalized spacial score (nSPS) is 8.33. The molecule has 0 aliphatic carbocycles. The maximum Gasteiger partial charge on any atom is 0.133 e. The Morgan fingerprint density at radius 3 is 1.75 bits per heavy atom. The number of rotatable bonds is 0. The minimum atomic E-state index is 0.167. The molecule has 0 saturated heterocycles. The first-order valence-electron chi connectivity index (χ1n) is 3.12. The van der Waals surface area contributed by atoms with Crippen LogP contribution in [0.5, 0.6) is 0 Å². The monoisotopic (exact) mass is 206 g/mol. The number of ketones is 1. The van der Waals surface area contributed by atoms with E-state index in [-0.39, 0.29) is 5.78 Å². The second-order valence-corrected chi connectivity index (χ2v) is 2.85. The van der Waals surface area contributed by atoms with E-state index in [9.17, 15) is 4.79 Å². The zero-order valence-electron chi connectivity index (χ0n) is 6.71. The molecule has 0 bridgehead atoms. The predicted molar refractivity (Wildman–Crippen MR) is 48.4 cm³/mol. The van der Waals surface area contributed by atoms with Gasteiger partial charge in [0.2, 0.25) is 0 Å². The molecule has 0 aliphatic rings. The lowest BCUT2D eigenvalue weighted by atomic mass is 10.6. The van der Waals surface area contributed by atoms with Gasteiger partial charge in [-0.25, -0.2) is 9.97 Å². The van der Waals surface area contributed by atoms with E-state index in [1.807, 2.05) is 0 Å². The maximum absolute atomic E-state index is 9.44. The highest BCUT2D eigenvalue weighted by Crippen LogP contribution is 2.07. The molecule has 0 amide bonds. The number of nitrogens with zero attached hydrogens (tertiary/aromatic N) is 2. The molecule has 0 spiro atoms. The van der Waals surface area contributed by atoms with Gasteiger partial charge in [-0.2, -0.15) is 0 Å². The Labute approximate surface area is 80.7 Å². The molecule has 1 rings (SSSR count). The average Bonchev–Trinajstić information content (AvgIpc) is 1.84. The molecule has 5 heteroatoms. The van der Waals surface area contributed by atoms with Crippen LogP contribution in [0, 0.1) is 0 Å². The highest BCUT2D eigenvalue weighted by Gasteiger charge is 1.87. The Morgan fingerprint density at radius 1 is 1.25 bits per heavy atom. The first-order valence-corrected chi connectivity index (χ1v) is 3.88. The number of halogens is 2. The van der Waals surface area contributed by atoms with Gasteiger partial charge in [0.15, 0.2) is 0 Å². The van der Waals surface area contributed by atoms with Crippen molar-refractivity contribution in [3.63, 3.8) is 0 Å². The summed E-state index contributed by atoms with van der Waals surface area (Å²) in [6, 6.07) is 1.48. The number of carbonyl (C=O) groups excluding carboxylic acids is 1. The van der Waals surface area contributed by atoms with Crippen molar-refractivity contribution < 1.29 is 4.79 Å². The molecule has 12 heavy (non-hydrogen) atoms. The van der Waals surface area contributed by atoms with Crippen molar-refractivity contribution >= 4 is 29.0 Å². The van der Waals surface area contributed by atoms with E-state index >= 15 is 0 Å². The summed E-state index contributed by atoms with van der Waals surface area (Å²) < 4.78 is 0. The number of carbonyl (C=O) groups is 1. The molecular formula is C7H8Cl2N2O. The molecule has 0 N–H and O–H groups in total. The van der Waals surface area contributed by atoms with Crippen molar-refractivity contribution in [1.82, 2.24) is 9.97 Å². The Morgan fingerprint density at radius 2 is 1.58 bits per heavy atom. The molecule has 1 aromatic rings. The van der Waals surface area contributed by atoms with Crippen LogP contribution in [0.1, 0.15) is 13.8 Å². The Balaban J connectivity index is 0.000000261. The van der Waals surface area contributed by atoms with Crippen LogP contribution in [0.25, 0.3) is 0 Å². The van der Waals surface area contributed by atoms with Crippen molar-refractivity contribution in [2.45, 2.75) is 13.8 Å². The highest BCUT2D eigenvalue weighted by molar-refractivity contribution is 6.33. The topological polar surface area (TPSA) is 42.9 Å². The molecule has 0 aliphatic heterocycles. The smallest absolute Gasteiger partial charge is 0.133 e. The second-order valence-electron chi connectivity index (χ2n) is 2.07. The van der Waals surface area contributed by atoms with Gasteiger partial charge < -0.3 is 4.79 Å². The van der Waals surface area contributed by atoms with Crippen molar-refractivity contribution in [3.8, 4) is 0 Å². The summed E-state index contributed by atoms with van der Waals surface area (Å²) in [6.45, 7) is 3.06. The summed E-state index contributed by atoms with van der Waals surface area (Å²) in [6.07, 6.45) is 1.31. The van der Waals surface area contributed by atoms with Gasteiger partial charge in [0.1, 0.15) is 22.4 Å². The summed E-state index contributed by atoms with van der Waals surface area (Å²) in [7, 11) is 0. The van der Waals surface area contributed by atoms with Crippen molar-refractivity contribution in [2.24, 2.45) is 0 Å². The molecule has 0 aromatic carbocycles. The number of hydrogen-bond acceptors (Lipinski definition) is 3. The van der Waals surface area contributed by atoms with Gasteiger partial charge in [-0.15, -0.1) is 0 Å². The molecule has 3 nitrogen and oxygen atoms in total. The number of Topliss-reactive ketones (excluding diaryl/α,β-unsaturated/α-hetero) is 1. The standard InChI is InChI=1S/C4H2Cl2N2.C3H6O/c5-3-1-4(6)8-2-7-3;1-3(2)4/h1-2H;1-2H3. The van der Waals surface area contributed by atoms with E-state index in [0.29, 0.717) is 10.3 Å². The van der Waals surface area contributed by atoms with Gasteiger partial charge in [0.05, 0.1) is 0 Å². The molecule has 1 aromatic heterocycles. The van der Waals surface area contributed by atoms with Crippen molar-refractivity contribution in [1.29, 1.82) is 0 Å². The quantitative estimate of drug-likeness (QED) is 0.613. The Hall–Kier alpha value is -0.670. The van der Waals surface area contributed by atoms with Gasteiger partial charge in [0, 0.05) is 6.07 Å². The van der Waals surface area contributed by atoms with Gasteiger partial charge in [-0.05, 0) is 13.8 Å². The van der Waals surface area contributed by atoms with E-state index in [1.165, 1.54) is 26.2 Å². The van der Waals surface area contributed by atoms with Crippen LogP contribution in [-0.4, -0.2) is 15.8 Å². The fourth-order valence-electron chi connectivity index (χ4n) is 0.312. The fraction of sp³-hybridized carbons (Fsp3) is 0.286. The minimum absolute atomic E-state index is 0.167. The molecule has 0 atom stereocenters. The van der Waals surface area contributed by atoms with Gasteiger partial charge >= 0.3 is 0 Å². The van der Waals surface area contributed by atoms with Crippen LogP contribution in [0.3, 0.4) is 0 Å². The molecular weight excluding hydrogens is 199 g/mol. The Bertz CT molecular complexity index is 244. The van der Waals surface area contributed by atoms with E-state index in [1.54, 1.807) is 0 Å². The summed E-state index contributed by atoms with van der Waals surface area (Å²) in [5.41, 5.74) is 0. The Kier molecular flexibility index (Phi) is 5.58. The largest absolute Gasteiger partial charge is 0.300 e. The van der Waals surface area contributed by atoms with Gasteiger partial charge in [-0.3, -0.25) is 0 Å². The summed E-state index contributed by atoms with van der Waals surface area (Å²) >= 11 is 10.8.